The number of aromatic amines is 1. The zero-order chi connectivity index (χ0) is 22.8. The second-order valence-electron chi connectivity index (χ2n) is 7.86. The number of halogens is 1. The number of carbonyl (C=O) groups is 2. The standard InChI is InChI=1S/C26H21FN4O2/c27-19-10-5-4-9-18(19)26(33)31-22-15-16(13-14-28-22)24-25(29-17-7-2-1-3-8-17)23-20(30-24)11-6-12-21(23)32/h1-5,7-10,13-15,29-30H,6,11-12H2,(H,28,31,33). The van der Waals surface area contributed by atoms with Crippen LogP contribution in [0.3, 0.4) is 0 Å². The quantitative estimate of drug-likeness (QED) is 0.370. The molecule has 2 heterocycles. The molecule has 0 unspecified atom stereocenters. The van der Waals surface area contributed by atoms with Gasteiger partial charge >= 0.3 is 0 Å². The zero-order valence-corrected chi connectivity index (χ0v) is 17.7. The number of hydrogen-bond acceptors (Lipinski definition) is 4. The number of ketones is 1. The number of Topliss-reactive ketones (excluding diaryl/α,β-unsaturated/α-hetero) is 1. The van der Waals surface area contributed by atoms with Gasteiger partial charge in [-0.1, -0.05) is 30.3 Å². The van der Waals surface area contributed by atoms with Crippen LogP contribution in [-0.2, 0) is 6.42 Å². The summed E-state index contributed by atoms with van der Waals surface area (Å²) in [6.45, 7) is 0. The van der Waals surface area contributed by atoms with E-state index in [1.54, 1.807) is 24.4 Å². The summed E-state index contributed by atoms with van der Waals surface area (Å²) >= 11 is 0. The first-order valence-corrected chi connectivity index (χ1v) is 10.7. The molecule has 0 spiro atoms. The predicted octanol–water partition coefficient (Wildman–Crippen LogP) is 5.73. The molecule has 0 atom stereocenters. The van der Waals surface area contributed by atoms with Crippen molar-refractivity contribution < 1.29 is 14.0 Å². The molecule has 0 saturated heterocycles. The lowest BCUT2D eigenvalue weighted by atomic mass is 9.95. The molecule has 0 aliphatic heterocycles. The van der Waals surface area contributed by atoms with Crippen LogP contribution in [0.1, 0.15) is 39.3 Å². The third-order valence-electron chi connectivity index (χ3n) is 5.64. The van der Waals surface area contributed by atoms with E-state index in [0.717, 1.165) is 35.5 Å². The Hall–Kier alpha value is -4.26. The minimum Gasteiger partial charge on any atom is -0.356 e. The Bertz CT molecular complexity index is 1350. The molecule has 0 saturated carbocycles. The fraction of sp³-hybridized carbons (Fsp3) is 0.115. The molecule has 1 amide bonds. The van der Waals surface area contributed by atoms with Crippen LogP contribution in [0.5, 0.6) is 0 Å². The monoisotopic (exact) mass is 440 g/mol. The third kappa shape index (κ3) is 4.13. The van der Waals surface area contributed by atoms with E-state index in [1.165, 1.54) is 18.2 Å². The van der Waals surface area contributed by atoms with E-state index in [-0.39, 0.29) is 17.2 Å². The number of nitrogens with zero attached hydrogens (tertiary/aromatic N) is 1. The highest BCUT2D eigenvalue weighted by atomic mass is 19.1. The fourth-order valence-corrected chi connectivity index (χ4v) is 4.09. The summed E-state index contributed by atoms with van der Waals surface area (Å²) in [4.78, 5) is 32.9. The van der Waals surface area contributed by atoms with Crippen molar-refractivity contribution in [3.63, 3.8) is 0 Å². The van der Waals surface area contributed by atoms with Gasteiger partial charge in [-0.3, -0.25) is 9.59 Å². The molecule has 2 aromatic carbocycles. The molecule has 1 aliphatic carbocycles. The van der Waals surface area contributed by atoms with E-state index in [4.69, 9.17) is 0 Å². The highest BCUT2D eigenvalue weighted by molar-refractivity contribution is 6.08. The molecule has 3 N–H and O–H groups in total. The van der Waals surface area contributed by atoms with Crippen molar-refractivity contribution in [2.45, 2.75) is 19.3 Å². The number of para-hydroxylation sites is 1. The van der Waals surface area contributed by atoms with Gasteiger partial charge < -0.3 is 15.6 Å². The van der Waals surface area contributed by atoms with E-state index < -0.39 is 11.7 Å². The first-order valence-electron chi connectivity index (χ1n) is 10.7. The van der Waals surface area contributed by atoms with Crippen molar-refractivity contribution in [3.05, 3.63) is 95.6 Å². The number of fused-ring (bicyclic) bond motifs is 1. The number of amides is 1. The molecular formula is C26H21FN4O2. The predicted molar refractivity (Wildman–Crippen MR) is 125 cm³/mol. The van der Waals surface area contributed by atoms with E-state index in [1.807, 2.05) is 30.3 Å². The summed E-state index contributed by atoms with van der Waals surface area (Å²) in [6, 6.07) is 18.9. The number of rotatable bonds is 5. The van der Waals surface area contributed by atoms with Gasteiger partial charge in [0, 0.05) is 29.6 Å². The molecule has 0 bridgehead atoms. The van der Waals surface area contributed by atoms with Crippen LogP contribution in [0.15, 0.2) is 72.9 Å². The van der Waals surface area contributed by atoms with Gasteiger partial charge in [0.2, 0.25) is 0 Å². The SMILES string of the molecule is O=C(Nc1cc(-c2[nH]c3c(c2Nc2ccccc2)C(=O)CCC3)ccn1)c1ccccc1F. The van der Waals surface area contributed by atoms with Gasteiger partial charge in [0.1, 0.15) is 11.6 Å². The lowest BCUT2D eigenvalue weighted by Crippen LogP contribution is -2.14. The highest BCUT2D eigenvalue weighted by Crippen LogP contribution is 2.39. The number of pyridine rings is 1. The minimum atomic E-state index is -0.601. The van der Waals surface area contributed by atoms with Crippen LogP contribution in [0, 0.1) is 5.82 Å². The average molecular weight is 440 g/mol. The maximum absolute atomic E-state index is 14.0. The Morgan fingerprint density at radius 3 is 2.61 bits per heavy atom. The average Bonchev–Trinajstić information content (AvgIpc) is 3.20. The van der Waals surface area contributed by atoms with Gasteiger partial charge in [-0.2, -0.15) is 0 Å². The Morgan fingerprint density at radius 1 is 1.00 bits per heavy atom. The van der Waals surface area contributed by atoms with Gasteiger partial charge in [0.05, 0.1) is 22.5 Å². The van der Waals surface area contributed by atoms with E-state index in [2.05, 4.69) is 20.6 Å². The number of nitrogens with one attached hydrogen (secondary N) is 3. The number of aromatic nitrogens is 2. The molecule has 2 aromatic heterocycles. The Morgan fingerprint density at radius 2 is 1.79 bits per heavy atom. The molecule has 4 aromatic rings. The topological polar surface area (TPSA) is 86.9 Å². The summed E-state index contributed by atoms with van der Waals surface area (Å²) < 4.78 is 14.0. The Balaban J connectivity index is 1.52. The second kappa shape index (κ2) is 8.70. The lowest BCUT2D eigenvalue weighted by Gasteiger charge is -2.14. The van der Waals surface area contributed by atoms with Gasteiger partial charge in [0.15, 0.2) is 5.78 Å². The largest absolute Gasteiger partial charge is 0.356 e. The normalized spacial score (nSPS) is 12.8. The van der Waals surface area contributed by atoms with E-state index >= 15 is 0 Å². The Labute approximate surface area is 189 Å². The van der Waals surface area contributed by atoms with Gasteiger partial charge in [-0.25, -0.2) is 9.37 Å². The van der Waals surface area contributed by atoms with Crippen molar-refractivity contribution in [3.8, 4) is 11.3 Å². The lowest BCUT2D eigenvalue weighted by molar-refractivity contribution is 0.0972. The van der Waals surface area contributed by atoms with Crippen LogP contribution in [-0.4, -0.2) is 21.7 Å². The summed E-state index contributed by atoms with van der Waals surface area (Å²) in [6.07, 6.45) is 3.66. The number of hydrogen-bond donors (Lipinski definition) is 3. The number of anilines is 3. The van der Waals surface area contributed by atoms with Crippen LogP contribution < -0.4 is 10.6 Å². The van der Waals surface area contributed by atoms with Gasteiger partial charge in [0.25, 0.3) is 5.91 Å². The second-order valence-corrected chi connectivity index (χ2v) is 7.86. The van der Waals surface area contributed by atoms with Crippen LogP contribution in [0.4, 0.5) is 21.6 Å². The third-order valence-corrected chi connectivity index (χ3v) is 5.64. The number of aryl methyl sites for hydroxylation is 1. The summed E-state index contributed by atoms with van der Waals surface area (Å²) in [7, 11) is 0. The first-order chi connectivity index (χ1) is 16.1. The summed E-state index contributed by atoms with van der Waals surface area (Å²) in [5.74, 6) is -0.804. The smallest absolute Gasteiger partial charge is 0.259 e. The van der Waals surface area contributed by atoms with E-state index in [9.17, 15) is 14.0 Å². The summed E-state index contributed by atoms with van der Waals surface area (Å²) in [5, 5.41) is 6.05. The van der Waals surface area contributed by atoms with Gasteiger partial charge in [-0.15, -0.1) is 0 Å². The van der Waals surface area contributed by atoms with Gasteiger partial charge in [-0.05, 0) is 49.2 Å². The highest BCUT2D eigenvalue weighted by Gasteiger charge is 2.27. The van der Waals surface area contributed by atoms with Crippen molar-refractivity contribution >= 4 is 28.9 Å². The molecule has 164 valence electrons. The molecule has 5 rings (SSSR count). The molecule has 6 nitrogen and oxygen atoms in total. The van der Waals surface area contributed by atoms with Crippen LogP contribution in [0.2, 0.25) is 0 Å². The number of carbonyl (C=O) groups excluding carboxylic acids is 2. The molecule has 1 aliphatic rings. The summed E-state index contributed by atoms with van der Waals surface area (Å²) in [5.41, 5.74) is 4.57. The van der Waals surface area contributed by atoms with Crippen LogP contribution in [0.25, 0.3) is 11.3 Å². The molecular weight excluding hydrogens is 419 g/mol. The van der Waals surface area contributed by atoms with Crippen molar-refractivity contribution in [1.82, 2.24) is 9.97 Å². The molecule has 0 radical (unpaired) electrons. The zero-order valence-electron chi connectivity index (χ0n) is 17.7. The first kappa shape index (κ1) is 20.6. The molecule has 0 fully saturated rings. The maximum atomic E-state index is 14.0. The Kier molecular flexibility index (Phi) is 5.44. The van der Waals surface area contributed by atoms with E-state index in [0.29, 0.717) is 17.7 Å². The maximum Gasteiger partial charge on any atom is 0.259 e. The fourth-order valence-electron chi connectivity index (χ4n) is 4.09. The van der Waals surface area contributed by atoms with Crippen LogP contribution >= 0.6 is 0 Å². The van der Waals surface area contributed by atoms with Crippen molar-refractivity contribution in [2.75, 3.05) is 10.6 Å². The molecule has 33 heavy (non-hydrogen) atoms. The van der Waals surface area contributed by atoms with Crippen molar-refractivity contribution in [2.24, 2.45) is 0 Å². The number of H-pyrrole nitrogens is 1. The molecule has 7 heteroatoms. The number of benzene rings is 2. The van der Waals surface area contributed by atoms with Crippen molar-refractivity contribution in [1.29, 1.82) is 0 Å². The minimum absolute atomic E-state index is 0.0583.